The fourth-order valence-electron chi connectivity index (χ4n) is 4.45. The van der Waals surface area contributed by atoms with Crippen molar-refractivity contribution in [2.75, 3.05) is 26.2 Å². The second-order valence-corrected chi connectivity index (χ2v) is 8.51. The zero-order valence-corrected chi connectivity index (χ0v) is 18.4. The Hall–Kier alpha value is -3.45. The van der Waals surface area contributed by atoms with Gasteiger partial charge in [-0.3, -0.25) is 9.69 Å². The Morgan fingerprint density at radius 3 is 2.42 bits per heavy atom. The SMILES string of the molecule is Cc1cc2c(cc(C(=O)N3CCN(Cc4ccccc4)CC3)n2Cc2ccc(F)cc2F)o1. The van der Waals surface area contributed by atoms with Crippen molar-refractivity contribution in [3.63, 3.8) is 0 Å². The Bertz CT molecular complexity index is 1290. The van der Waals surface area contributed by atoms with Gasteiger partial charge < -0.3 is 13.9 Å². The van der Waals surface area contributed by atoms with Crippen molar-refractivity contribution >= 4 is 17.0 Å². The Morgan fingerprint density at radius 1 is 0.939 bits per heavy atom. The Kier molecular flexibility index (Phi) is 5.72. The average Bonchev–Trinajstić information content (AvgIpc) is 3.33. The predicted molar refractivity (Wildman–Crippen MR) is 122 cm³/mol. The third-order valence-electron chi connectivity index (χ3n) is 6.18. The van der Waals surface area contributed by atoms with Gasteiger partial charge in [0, 0.05) is 56.5 Å². The van der Waals surface area contributed by atoms with Crippen molar-refractivity contribution in [1.82, 2.24) is 14.4 Å². The fourth-order valence-corrected chi connectivity index (χ4v) is 4.45. The molecule has 3 heterocycles. The van der Waals surface area contributed by atoms with Crippen molar-refractivity contribution in [1.29, 1.82) is 0 Å². The summed E-state index contributed by atoms with van der Waals surface area (Å²) >= 11 is 0. The molecule has 1 fully saturated rings. The summed E-state index contributed by atoms with van der Waals surface area (Å²) in [6.07, 6.45) is 0. The normalized spacial score (nSPS) is 14.8. The van der Waals surface area contributed by atoms with E-state index < -0.39 is 11.6 Å². The van der Waals surface area contributed by atoms with Gasteiger partial charge in [-0.05, 0) is 18.6 Å². The molecule has 5 rings (SSSR count). The molecule has 1 aliphatic heterocycles. The highest BCUT2D eigenvalue weighted by Crippen LogP contribution is 2.27. The first-order chi connectivity index (χ1) is 16.0. The van der Waals surface area contributed by atoms with Gasteiger partial charge in [0.15, 0.2) is 5.58 Å². The molecule has 0 atom stereocenters. The maximum absolute atomic E-state index is 14.4. The number of hydrogen-bond donors (Lipinski definition) is 0. The van der Waals surface area contributed by atoms with E-state index in [0.717, 1.165) is 31.2 Å². The van der Waals surface area contributed by atoms with Gasteiger partial charge in [0.1, 0.15) is 23.1 Å². The van der Waals surface area contributed by atoms with Gasteiger partial charge in [-0.1, -0.05) is 36.4 Å². The van der Waals surface area contributed by atoms with Gasteiger partial charge in [0.05, 0.1) is 12.1 Å². The first kappa shape index (κ1) is 21.4. The van der Waals surface area contributed by atoms with Gasteiger partial charge in [-0.2, -0.15) is 0 Å². The van der Waals surface area contributed by atoms with E-state index in [0.29, 0.717) is 35.7 Å². The van der Waals surface area contributed by atoms with Crippen LogP contribution in [0.15, 0.2) is 65.1 Å². The fraction of sp³-hybridized carbons (Fsp3) is 0.269. The molecule has 7 heteroatoms. The second kappa shape index (κ2) is 8.83. The molecule has 4 aromatic rings. The number of amides is 1. The molecule has 0 radical (unpaired) electrons. The second-order valence-electron chi connectivity index (χ2n) is 8.51. The van der Waals surface area contributed by atoms with Crippen LogP contribution in [0.5, 0.6) is 0 Å². The molecule has 1 amide bonds. The Labute approximate surface area is 190 Å². The number of benzene rings is 2. The molecular weight excluding hydrogens is 424 g/mol. The van der Waals surface area contributed by atoms with Crippen molar-refractivity contribution < 1.29 is 18.0 Å². The Morgan fingerprint density at radius 2 is 1.70 bits per heavy atom. The van der Waals surface area contributed by atoms with E-state index in [9.17, 15) is 13.6 Å². The number of rotatable bonds is 5. The van der Waals surface area contributed by atoms with Gasteiger partial charge in [0.25, 0.3) is 5.91 Å². The molecule has 0 saturated carbocycles. The molecule has 170 valence electrons. The van der Waals surface area contributed by atoms with Crippen molar-refractivity contribution in [2.45, 2.75) is 20.0 Å². The summed E-state index contributed by atoms with van der Waals surface area (Å²) in [5.41, 5.74) is 3.32. The van der Waals surface area contributed by atoms with E-state index in [4.69, 9.17) is 4.42 Å². The van der Waals surface area contributed by atoms with Crippen LogP contribution in [0.2, 0.25) is 0 Å². The van der Waals surface area contributed by atoms with Crippen molar-refractivity contribution in [3.8, 4) is 0 Å². The lowest BCUT2D eigenvalue weighted by molar-refractivity contribution is 0.0618. The van der Waals surface area contributed by atoms with E-state index in [1.54, 1.807) is 10.6 Å². The molecule has 33 heavy (non-hydrogen) atoms. The molecule has 1 saturated heterocycles. The summed E-state index contributed by atoms with van der Waals surface area (Å²) in [5.74, 6) is -0.662. The molecule has 1 aliphatic rings. The van der Waals surface area contributed by atoms with Gasteiger partial charge >= 0.3 is 0 Å². The third kappa shape index (κ3) is 4.41. The van der Waals surface area contributed by atoms with Crippen LogP contribution in [0, 0.1) is 18.6 Å². The molecule has 0 aliphatic carbocycles. The number of aromatic nitrogens is 1. The predicted octanol–water partition coefficient (Wildman–Crippen LogP) is 4.83. The number of carbonyl (C=O) groups is 1. The number of hydrogen-bond acceptors (Lipinski definition) is 3. The summed E-state index contributed by atoms with van der Waals surface area (Å²) in [7, 11) is 0. The molecule has 0 spiro atoms. The highest BCUT2D eigenvalue weighted by Gasteiger charge is 2.27. The molecule has 2 aromatic heterocycles. The van der Waals surface area contributed by atoms with E-state index >= 15 is 0 Å². The van der Waals surface area contributed by atoms with E-state index in [2.05, 4.69) is 17.0 Å². The topological polar surface area (TPSA) is 41.6 Å². The summed E-state index contributed by atoms with van der Waals surface area (Å²) in [6.45, 7) is 5.59. The van der Waals surface area contributed by atoms with Gasteiger partial charge in [-0.25, -0.2) is 8.78 Å². The van der Waals surface area contributed by atoms with Crippen LogP contribution in [0.1, 0.15) is 27.4 Å². The zero-order valence-electron chi connectivity index (χ0n) is 18.4. The number of furan rings is 1. The highest BCUT2D eigenvalue weighted by molar-refractivity contribution is 5.97. The largest absolute Gasteiger partial charge is 0.460 e. The van der Waals surface area contributed by atoms with Gasteiger partial charge in [-0.15, -0.1) is 0 Å². The maximum Gasteiger partial charge on any atom is 0.270 e. The first-order valence-corrected chi connectivity index (χ1v) is 11.1. The maximum atomic E-state index is 14.4. The van der Waals surface area contributed by atoms with Gasteiger partial charge in [0.2, 0.25) is 0 Å². The van der Waals surface area contributed by atoms with Crippen LogP contribution >= 0.6 is 0 Å². The number of aryl methyl sites for hydroxylation is 1. The quantitative estimate of drug-likeness (QED) is 0.438. The molecule has 5 nitrogen and oxygen atoms in total. The minimum absolute atomic E-state index is 0.110. The molecule has 0 N–H and O–H groups in total. The van der Waals surface area contributed by atoms with Crippen LogP contribution < -0.4 is 0 Å². The molecule has 2 aromatic carbocycles. The summed E-state index contributed by atoms with van der Waals surface area (Å²) < 4.78 is 35.3. The van der Waals surface area contributed by atoms with E-state index in [1.807, 2.05) is 36.1 Å². The summed E-state index contributed by atoms with van der Waals surface area (Å²) in [6, 6.07) is 17.4. The highest BCUT2D eigenvalue weighted by atomic mass is 19.1. The van der Waals surface area contributed by atoms with Crippen LogP contribution in [0.25, 0.3) is 11.1 Å². The molecule has 0 unspecified atom stereocenters. The van der Waals surface area contributed by atoms with Crippen molar-refractivity contribution in [2.24, 2.45) is 0 Å². The number of halogens is 2. The zero-order chi connectivity index (χ0) is 22.9. The summed E-state index contributed by atoms with van der Waals surface area (Å²) in [5, 5.41) is 0. The third-order valence-corrected chi connectivity index (χ3v) is 6.18. The average molecular weight is 450 g/mol. The molecular formula is C26H25F2N3O2. The monoisotopic (exact) mass is 449 g/mol. The first-order valence-electron chi connectivity index (χ1n) is 11.1. The molecule has 0 bridgehead atoms. The number of carbonyl (C=O) groups excluding carboxylic acids is 1. The van der Waals surface area contributed by atoms with E-state index in [1.165, 1.54) is 17.7 Å². The van der Waals surface area contributed by atoms with Crippen LogP contribution in [-0.4, -0.2) is 46.5 Å². The standard InChI is InChI=1S/C26H25F2N3O2/c1-18-13-23-25(33-18)15-24(31(23)17-20-7-8-21(27)14-22(20)28)26(32)30-11-9-29(10-12-30)16-19-5-3-2-4-6-19/h2-8,13-15H,9-12,16-17H2,1H3. The lowest BCUT2D eigenvalue weighted by atomic mass is 10.2. The minimum atomic E-state index is -0.634. The lowest BCUT2D eigenvalue weighted by Crippen LogP contribution is -2.48. The number of nitrogens with zero attached hydrogens (tertiary/aromatic N) is 3. The Balaban J connectivity index is 1.36. The lowest BCUT2D eigenvalue weighted by Gasteiger charge is -2.35. The van der Waals surface area contributed by atoms with Crippen LogP contribution in [0.3, 0.4) is 0 Å². The van der Waals surface area contributed by atoms with Crippen LogP contribution in [-0.2, 0) is 13.1 Å². The smallest absolute Gasteiger partial charge is 0.270 e. The minimum Gasteiger partial charge on any atom is -0.460 e. The van der Waals surface area contributed by atoms with Crippen LogP contribution in [0.4, 0.5) is 8.78 Å². The number of piperazine rings is 1. The number of fused-ring (bicyclic) bond motifs is 1. The summed E-state index contributed by atoms with van der Waals surface area (Å²) in [4.78, 5) is 17.6. The van der Waals surface area contributed by atoms with Crippen molar-refractivity contribution in [3.05, 3.63) is 94.9 Å². The van der Waals surface area contributed by atoms with E-state index in [-0.39, 0.29) is 12.5 Å².